The van der Waals surface area contributed by atoms with Crippen molar-refractivity contribution in [1.29, 1.82) is 0 Å². The third-order valence-electron chi connectivity index (χ3n) is 5.32. The number of unbranched alkanes of at least 4 members (excludes halogenated alkanes) is 7. The molecule has 1 aromatic carbocycles. The topological polar surface area (TPSA) is 17.8 Å². The summed E-state index contributed by atoms with van der Waals surface area (Å²) in [5.74, 6) is 0.626. The fourth-order valence-corrected chi connectivity index (χ4v) is 3.80. The van der Waals surface area contributed by atoms with E-state index < -0.39 is 0 Å². The minimum Gasteiger partial charge on any atom is -0.334 e. The average Bonchev–Trinajstić information content (AvgIpc) is 3.15. The lowest BCUT2D eigenvalue weighted by Gasteiger charge is -2.25. The van der Waals surface area contributed by atoms with Crippen LogP contribution in [0.3, 0.4) is 0 Å². The van der Waals surface area contributed by atoms with E-state index in [1.54, 1.807) is 0 Å². The van der Waals surface area contributed by atoms with Gasteiger partial charge < -0.3 is 4.57 Å². The molecule has 0 amide bonds. The highest BCUT2D eigenvalue weighted by atomic mass is 15.1. The first kappa shape index (κ1) is 19.8. The lowest BCUT2D eigenvalue weighted by Crippen LogP contribution is -2.18. The molecule has 2 rings (SSSR count). The Morgan fingerprint density at radius 2 is 1.60 bits per heavy atom. The van der Waals surface area contributed by atoms with Gasteiger partial charge in [-0.2, -0.15) is 0 Å². The first-order chi connectivity index (χ1) is 12.3. The second-order valence-corrected chi connectivity index (χ2v) is 7.51. The van der Waals surface area contributed by atoms with Crippen molar-refractivity contribution in [2.75, 3.05) is 0 Å². The van der Waals surface area contributed by atoms with E-state index >= 15 is 0 Å². The minimum absolute atomic E-state index is 0.558. The molecule has 2 nitrogen and oxygen atoms in total. The van der Waals surface area contributed by atoms with Gasteiger partial charge in [0.1, 0.15) is 0 Å². The number of hydrogen-bond acceptors (Lipinski definition) is 1. The second kappa shape index (κ2) is 11.9. The molecule has 0 aliphatic heterocycles. The first-order valence-electron chi connectivity index (χ1n) is 10.3. The average molecular weight is 341 g/mol. The summed E-state index contributed by atoms with van der Waals surface area (Å²) in [4.78, 5) is 4.28. The Balaban J connectivity index is 1.77. The zero-order valence-electron chi connectivity index (χ0n) is 16.2. The van der Waals surface area contributed by atoms with Crippen LogP contribution in [0.5, 0.6) is 0 Å². The largest absolute Gasteiger partial charge is 0.334 e. The van der Waals surface area contributed by atoms with Gasteiger partial charge in [0, 0.05) is 18.4 Å². The Hall–Kier alpha value is -1.57. The number of benzene rings is 1. The number of aromatic nitrogens is 2. The van der Waals surface area contributed by atoms with Gasteiger partial charge in [0.15, 0.2) is 0 Å². The smallest absolute Gasteiger partial charge is 0.0948 e. The van der Waals surface area contributed by atoms with Crippen LogP contribution in [0.4, 0.5) is 0 Å². The lowest BCUT2D eigenvalue weighted by atomic mass is 9.90. The fourth-order valence-electron chi connectivity index (χ4n) is 3.80. The van der Waals surface area contributed by atoms with Crippen molar-refractivity contribution in [2.24, 2.45) is 5.92 Å². The lowest BCUT2D eigenvalue weighted by molar-refractivity contribution is 0.318. The van der Waals surface area contributed by atoms with E-state index in [-0.39, 0.29) is 0 Å². The highest BCUT2D eigenvalue weighted by molar-refractivity contribution is 5.15. The van der Waals surface area contributed by atoms with Crippen LogP contribution in [0.2, 0.25) is 0 Å². The predicted octanol–water partition coefficient (Wildman–Crippen LogP) is 6.83. The Bertz CT molecular complexity index is 532. The van der Waals surface area contributed by atoms with Crippen LogP contribution in [0.25, 0.3) is 0 Å². The van der Waals surface area contributed by atoms with Crippen LogP contribution >= 0.6 is 0 Å². The van der Waals surface area contributed by atoms with Gasteiger partial charge in [-0.15, -0.1) is 0 Å². The standard InChI is InChI=1S/C23H36N2/c1-3-4-5-6-7-8-9-13-16-23(25-18-17-24-20-25)21(2)19-22-14-11-10-12-15-22/h10-12,14-15,17-18,20-21,23H,3-9,13,16,19H2,1-2H3. The first-order valence-corrected chi connectivity index (χ1v) is 10.3. The van der Waals surface area contributed by atoms with E-state index in [1.165, 1.54) is 63.4 Å². The van der Waals surface area contributed by atoms with Crippen molar-refractivity contribution < 1.29 is 0 Å². The van der Waals surface area contributed by atoms with Crippen LogP contribution < -0.4 is 0 Å². The molecule has 2 heteroatoms. The summed E-state index contributed by atoms with van der Waals surface area (Å²) in [7, 11) is 0. The van der Waals surface area contributed by atoms with Gasteiger partial charge in [0.25, 0.3) is 0 Å². The molecule has 138 valence electrons. The zero-order chi connectivity index (χ0) is 17.7. The minimum atomic E-state index is 0.558. The summed E-state index contributed by atoms with van der Waals surface area (Å²) < 4.78 is 2.33. The Morgan fingerprint density at radius 3 is 2.24 bits per heavy atom. The molecule has 0 aliphatic carbocycles. The molecule has 2 unspecified atom stereocenters. The van der Waals surface area contributed by atoms with Gasteiger partial charge in [0.05, 0.1) is 6.33 Å². The van der Waals surface area contributed by atoms with Gasteiger partial charge in [0.2, 0.25) is 0 Å². The van der Waals surface area contributed by atoms with E-state index in [0.717, 1.165) is 6.42 Å². The molecule has 0 radical (unpaired) electrons. The number of rotatable bonds is 13. The molecule has 0 fully saturated rings. The number of nitrogens with zero attached hydrogens (tertiary/aromatic N) is 2. The highest BCUT2D eigenvalue weighted by Crippen LogP contribution is 2.27. The van der Waals surface area contributed by atoms with Gasteiger partial charge in [-0.3, -0.25) is 0 Å². The van der Waals surface area contributed by atoms with Crippen molar-refractivity contribution in [2.45, 2.75) is 84.1 Å². The maximum absolute atomic E-state index is 4.28. The van der Waals surface area contributed by atoms with E-state index in [2.05, 4.69) is 59.9 Å². The third-order valence-corrected chi connectivity index (χ3v) is 5.32. The maximum atomic E-state index is 4.28. The number of imidazole rings is 1. The molecule has 1 aromatic heterocycles. The summed E-state index contributed by atoms with van der Waals surface area (Å²) in [6.45, 7) is 4.68. The van der Waals surface area contributed by atoms with Crippen molar-refractivity contribution in [3.8, 4) is 0 Å². The quantitative estimate of drug-likeness (QED) is 0.365. The molecule has 1 heterocycles. The molecule has 0 N–H and O–H groups in total. The summed E-state index contributed by atoms with van der Waals surface area (Å²) >= 11 is 0. The molecule has 2 aromatic rings. The van der Waals surface area contributed by atoms with Crippen molar-refractivity contribution >= 4 is 0 Å². The van der Waals surface area contributed by atoms with E-state index in [1.807, 2.05) is 12.5 Å². The SMILES string of the molecule is CCCCCCCCCCC(C(C)Cc1ccccc1)n1ccnc1. The molecular weight excluding hydrogens is 304 g/mol. The monoisotopic (exact) mass is 340 g/mol. The molecule has 0 aliphatic rings. The molecule has 25 heavy (non-hydrogen) atoms. The Morgan fingerprint density at radius 1 is 0.920 bits per heavy atom. The molecule has 0 saturated heterocycles. The van der Waals surface area contributed by atoms with Crippen LogP contribution in [0.1, 0.15) is 83.2 Å². The number of hydrogen-bond donors (Lipinski definition) is 0. The Labute approximate surface area is 154 Å². The van der Waals surface area contributed by atoms with E-state index in [4.69, 9.17) is 0 Å². The van der Waals surface area contributed by atoms with E-state index in [0.29, 0.717) is 12.0 Å². The Kier molecular flexibility index (Phi) is 9.40. The summed E-state index contributed by atoms with van der Waals surface area (Å²) in [5, 5.41) is 0. The molecule has 2 atom stereocenters. The fraction of sp³-hybridized carbons (Fsp3) is 0.609. The normalized spacial score (nSPS) is 13.7. The summed E-state index contributed by atoms with van der Waals surface area (Å²) in [5.41, 5.74) is 1.44. The molecule has 0 saturated carbocycles. The van der Waals surface area contributed by atoms with Gasteiger partial charge in [-0.05, 0) is 24.3 Å². The molecular formula is C23H36N2. The summed E-state index contributed by atoms with van der Waals surface area (Å²) in [6.07, 6.45) is 19.5. The maximum Gasteiger partial charge on any atom is 0.0948 e. The van der Waals surface area contributed by atoms with E-state index in [9.17, 15) is 0 Å². The van der Waals surface area contributed by atoms with Crippen LogP contribution in [-0.4, -0.2) is 9.55 Å². The highest BCUT2D eigenvalue weighted by Gasteiger charge is 2.18. The summed E-state index contributed by atoms with van der Waals surface area (Å²) in [6, 6.07) is 11.4. The second-order valence-electron chi connectivity index (χ2n) is 7.51. The van der Waals surface area contributed by atoms with Crippen molar-refractivity contribution in [3.05, 3.63) is 54.6 Å². The van der Waals surface area contributed by atoms with Gasteiger partial charge >= 0.3 is 0 Å². The van der Waals surface area contributed by atoms with Crippen LogP contribution in [0.15, 0.2) is 49.1 Å². The third kappa shape index (κ3) is 7.46. The van der Waals surface area contributed by atoms with Crippen molar-refractivity contribution in [3.63, 3.8) is 0 Å². The predicted molar refractivity (Wildman–Crippen MR) is 108 cm³/mol. The van der Waals surface area contributed by atoms with Crippen LogP contribution in [0, 0.1) is 5.92 Å². The zero-order valence-corrected chi connectivity index (χ0v) is 16.2. The van der Waals surface area contributed by atoms with Gasteiger partial charge in [-0.1, -0.05) is 95.5 Å². The van der Waals surface area contributed by atoms with Crippen LogP contribution in [-0.2, 0) is 6.42 Å². The molecule has 0 bridgehead atoms. The van der Waals surface area contributed by atoms with Crippen molar-refractivity contribution in [1.82, 2.24) is 9.55 Å². The molecule has 0 spiro atoms. The van der Waals surface area contributed by atoms with Gasteiger partial charge in [-0.25, -0.2) is 4.98 Å².